The predicted octanol–water partition coefficient (Wildman–Crippen LogP) is 1.05. The monoisotopic (exact) mass is 238 g/mol. The third-order valence-electron chi connectivity index (χ3n) is 3.25. The lowest BCUT2D eigenvalue weighted by Crippen LogP contribution is -2.56. The second-order valence-electron chi connectivity index (χ2n) is 4.48. The van der Waals surface area contributed by atoms with E-state index >= 15 is 0 Å². The van der Waals surface area contributed by atoms with Gasteiger partial charge in [0.25, 0.3) is 5.91 Å². The van der Waals surface area contributed by atoms with E-state index in [1.54, 1.807) is 0 Å². The van der Waals surface area contributed by atoms with Gasteiger partial charge in [-0.1, -0.05) is 0 Å². The number of nitrogens with two attached hydrogens (primary N) is 1. The Balaban J connectivity index is 2.11. The van der Waals surface area contributed by atoms with Crippen LogP contribution in [0.4, 0.5) is 10.1 Å². The summed E-state index contributed by atoms with van der Waals surface area (Å²) >= 11 is 0. The lowest BCUT2D eigenvalue weighted by Gasteiger charge is -2.40. The van der Waals surface area contributed by atoms with Crippen molar-refractivity contribution in [1.82, 2.24) is 5.32 Å². The molecule has 1 fully saturated rings. The molecule has 0 aromatic heterocycles. The van der Waals surface area contributed by atoms with Crippen molar-refractivity contribution in [2.24, 2.45) is 0 Å². The van der Waals surface area contributed by atoms with Gasteiger partial charge in [-0.25, -0.2) is 4.39 Å². The molecule has 0 aliphatic heterocycles. The van der Waals surface area contributed by atoms with Crippen LogP contribution in [0.25, 0.3) is 0 Å². The largest absolute Gasteiger partial charge is 0.396 e. The minimum Gasteiger partial charge on any atom is -0.396 e. The van der Waals surface area contributed by atoms with Gasteiger partial charge in [-0.2, -0.15) is 0 Å². The molecule has 0 unspecified atom stereocenters. The Morgan fingerprint density at radius 2 is 2.24 bits per heavy atom. The Morgan fingerprint density at radius 3 is 2.71 bits per heavy atom. The highest BCUT2D eigenvalue weighted by Gasteiger charge is 2.37. The van der Waals surface area contributed by atoms with Crippen LogP contribution in [0.5, 0.6) is 0 Å². The number of carbonyl (C=O) groups is 1. The van der Waals surface area contributed by atoms with Gasteiger partial charge in [0.15, 0.2) is 0 Å². The van der Waals surface area contributed by atoms with E-state index in [4.69, 9.17) is 5.73 Å². The van der Waals surface area contributed by atoms with Crippen LogP contribution < -0.4 is 11.1 Å². The molecule has 1 saturated carbocycles. The number of hydrogen-bond donors (Lipinski definition) is 3. The number of rotatable bonds is 3. The molecule has 1 aliphatic rings. The Morgan fingerprint density at radius 1 is 1.53 bits per heavy atom. The molecule has 0 radical (unpaired) electrons. The fourth-order valence-corrected chi connectivity index (χ4v) is 1.91. The van der Waals surface area contributed by atoms with Gasteiger partial charge in [0.05, 0.1) is 17.8 Å². The van der Waals surface area contributed by atoms with Gasteiger partial charge in [0.2, 0.25) is 0 Å². The van der Waals surface area contributed by atoms with Crippen molar-refractivity contribution >= 4 is 11.6 Å². The van der Waals surface area contributed by atoms with E-state index < -0.39 is 11.4 Å². The van der Waals surface area contributed by atoms with Crippen LogP contribution >= 0.6 is 0 Å². The Labute approximate surface area is 98.6 Å². The number of hydrogen-bond acceptors (Lipinski definition) is 3. The third kappa shape index (κ3) is 2.24. The molecule has 0 bridgehead atoms. The molecular formula is C12H15FN2O2. The van der Waals surface area contributed by atoms with Crippen LogP contribution in [0.3, 0.4) is 0 Å². The number of halogens is 1. The number of benzene rings is 1. The lowest BCUT2D eigenvalue weighted by molar-refractivity contribution is 0.0641. The zero-order valence-corrected chi connectivity index (χ0v) is 9.37. The number of nitrogen functional groups attached to an aromatic ring is 1. The average molecular weight is 238 g/mol. The zero-order valence-electron chi connectivity index (χ0n) is 9.37. The van der Waals surface area contributed by atoms with Gasteiger partial charge >= 0.3 is 0 Å². The molecule has 4 N–H and O–H groups in total. The summed E-state index contributed by atoms with van der Waals surface area (Å²) in [5.41, 5.74) is 5.05. The molecule has 2 rings (SSSR count). The summed E-state index contributed by atoms with van der Waals surface area (Å²) < 4.78 is 13.2. The number of nitrogens with one attached hydrogen (secondary N) is 1. The molecule has 17 heavy (non-hydrogen) atoms. The first-order valence-corrected chi connectivity index (χ1v) is 5.55. The maximum atomic E-state index is 13.2. The normalized spacial score (nSPS) is 17.3. The molecule has 92 valence electrons. The molecule has 0 atom stereocenters. The second kappa shape index (κ2) is 4.33. The molecule has 1 aromatic carbocycles. The van der Waals surface area contributed by atoms with E-state index in [0.29, 0.717) is 0 Å². The third-order valence-corrected chi connectivity index (χ3v) is 3.25. The topological polar surface area (TPSA) is 75.4 Å². The highest BCUT2D eigenvalue weighted by molar-refractivity contribution is 5.95. The van der Waals surface area contributed by atoms with Gasteiger partial charge in [0.1, 0.15) is 5.82 Å². The highest BCUT2D eigenvalue weighted by atomic mass is 19.1. The van der Waals surface area contributed by atoms with E-state index in [9.17, 15) is 14.3 Å². The van der Waals surface area contributed by atoms with Crippen LogP contribution in [0, 0.1) is 5.82 Å². The van der Waals surface area contributed by atoms with Crippen LogP contribution in [0.2, 0.25) is 0 Å². The SMILES string of the molecule is Nc1ccc(C(=O)NC2(CO)CCC2)cc1F. The number of aliphatic hydroxyl groups excluding tert-OH is 1. The lowest BCUT2D eigenvalue weighted by atomic mass is 9.77. The quantitative estimate of drug-likeness (QED) is 0.689. The number of aliphatic hydroxyl groups is 1. The summed E-state index contributed by atoms with van der Waals surface area (Å²) in [5, 5.41) is 12.0. The van der Waals surface area contributed by atoms with E-state index in [2.05, 4.69) is 5.32 Å². The van der Waals surface area contributed by atoms with Crippen LogP contribution in [-0.2, 0) is 0 Å². The zero-order chi connectivity index (χ0) is 12.5. The average Bonchev–Trinajstić information content (AvgIpc) is 2.27. The van der Waals surface area contributed by atoms with E-state index in [-0.39, 0.29) is 23.8 Å². The van der Waals surface area contributed by atoms with Crippen molar-refractivity contribution in [3.63, 3.8) is 0 Å². The first-order chi connectivity index (χ1) is 8.06. The van der Waals surface area contributed by atoms with Gasteiger partial charge in [-0.15, -0.1) is 0 Å². The van der Waals surface area contributed by atoms with Crippen molar-refractivity contribution < 1.29 is 14.3 Å². The van der Waals surface area contributed by atoms with E-state index in [1.165, 1.54) is 12.1 Å². The molecular weight excluding hydrogens is 223 g/mol. The molecule has 4 nitrogen and oxygen atoms in total. The van der Waals surface area contributed by atoms with Gasteiger partial charge in [-0.05, 0) is 37.5 Å². The Bertz CT molecular complexity index is 439. The van der Waals surface area contributed by atoms with Gasteiger partial charge < -0.3 is 16.2 Å². The van der Waals surface area contributed by atoms with Crippen molar-refractivity contribution in [2.75, 3.05) is 12.3 Å². The Hall–Kier alpha value is -1.62. The first-order valence-electron chi connectivity index (χ1n) is 5.55. The van der Waals surface area contributed by atoms with Crippen LogP contribution in [-0.4, -0.2) is 23.2 Å². The molecule has 5 heteroatoms. The second-order valence-corrected chi connectivity index (χ2v) is 4.48. The minimum absolute atomic E-state index is 0.0158. The van der Waals surface area contributed by atoms with E-state index in [1.807, 2.05) is 0 Å². The standard InChI is InChI=1S/C12H15FN2O2/c13-9-6-8(2-3-10(9)14)11(17)15-12(7-16)4-1-5-12/h2-3,6,16H,1,4-5,7,14H2,(H,15,17). The Kier molecular flexibility index (Phi) is 3.02. The minimum atomic E-state index is -0.607. The maximum Gasteiger partial charge on any atom is 0.251 e. The smallest absolute Gasteiger partial charge is 0.251 e. The van der Waals surface area contributed by atoms with Crippen molar-refractivity contribution in [1.29, 1.82) is 0 Å². The molecule has 1 amide bonds. The van der Waals surface area contributed by atoms with E-state index in [0.717, 1.165) is 25.3 Å². The predicted molar refractivity (Wildman–Crippen MR) is 61.9 cm³/mol. The number of carbonyl (C=O) groups excluding carboxylic acids is 1. The van der Waals surface area contributed by atoms with Crippen molar-refractivity contribution in [3.05, 3.63) is 29.6 Å². The summed E-state index contributed by atoms with van der Waals surface area (Å²) in [6.07, 6.45) is 2.50. The maximum absolute atomic E-state index is 13.2. The summed E-state index contributed by atoms with van der Waals surface area (Å²) in [6, 6.07) is 3.93. The molecule has 0 spiro atoms. The molecule has 1 aliphatic carbocycles. The summed E-state index contributed by atoms with van der Waals surface area (Å²) in [5.74, 6) is -0.984. The molecule has 0 saturated heterocycles. The molecule has 1 aromatic rings. The fourth-order valence-electron chi connectivity index (χ4n) is 1.91. The summed E-state index contributed by atoms with van der Waals surface area (Å²) in [4.78, 5) is 11.8. The van der Waals surface area contributed by atoms with Gasteiger partial charge in [0, 0.05) is 5.56 Å². The fraction of sp³-hybridized carbons (Fsp3) is 0.417. The summed E-state index contributed by atoms with van der Waals surface area (Å²) in [7, 11) is 0. The van der Waals surface area contributed by atoms with Crippen LogP contribution in [0.15, 0.2) is 18.2 Å². The van der Waals surface area contributed by atoms with Crippen molar-refractivity contribution in [3.8, 4) is 0 Å². The number of amides is 1. The number of anilines is 1. The van der Waals surface area contributed by atoms with Gasteiger partial charge in [-0.3, -0.25) is 4.79 Å². The molecule has 0 heterocycles. The van der Waals surface area contributed by atoms with Crippen molar-refractivity contribution in [2.45, 2.75) is 24.8 Å². The summed E-state index contributed by atoms with van der Waals surface area (Å²) in [6.45, 7) is -0.0871. The first kappa shape index (κ1) is 11.9. The van der Waals surface area contributed by atoms with Crippen LogP contribution in [0.1, 0.15) is 29.6 Å². The highest BCUT2D eigenvalue weighted by Crippen LogP contribution is 2.31.